The fourth-order valence-corrected chi connectivity index (χ4v) is 1.29. The summed E-state index contributed by atoms with van der Waals surface area (Å²) >= 11 is 0. The Hall–Kier alpha value is -2.24. The van der Waals surface area contributed by atoms with Gasteiger partial charge >= 0.3 is 6.03 Å². The third-order valence-electron chi connectivity index (χ3n) is 2.47. The van der Waals surface area contributed by atoms with Gasteiger partial charge in [0.1, 0.15) is 5.52 Å². The molecule has 102 valence electrons. The molecule has 6 heteroatoms. The molecule has 0 aromatic carbocycles. The molecule has 0 unspecified atom stereocenters. The number of aromatic nitrogens is 3. The number of hydrogen-bond donors (Lipinski definition) is 1. The number of fused-ring (bicyclic) bond motifs is 1. The zero-order chi connectivity index (χ0) is 14.4. The SMILES string of the molecule is CNC(=O)N(C)C.Cc1nc2cccnc2nc1C. The fourth-order valence-electron chi connectivity index (χ4n) is 1.29. The van der Waals surface area contributed by atoms with Gasteiger partial charge in [-0.2, -0.15) is 0 Å². The van der Waals surface area contributed by atoms with Crippen LogP contribution in [0.2, 0.25) is 0 Å². The van der Waals surface area contributed by atoms with E-state index in [-0.39, 0.29) is 6.03 Å². The van der Waals surface area contributed by atoms with Crippen molar-refractivity contribution in [2.45, 2.75) is 13.8 Å². The van der Waals surface area contributed by atoms with E-state index in [2.05, 4.69) is 20.3 Å². The van der Waals surface area contributed by atoms with Crippen LogP contribution in [0, 0.1) is 13.8 Å². The predicted molar refractivity (Wildman–Crippen MR) is 74.9 cm³/mol. The van der Waals surface area contributed by atoms with Gasteiger partial charge in [-0.05, 0) is 26.0 Å². The van der Waals surface area contributed by atoms with E-state index in [1.54, 1.807) is 27.3 Å². The Balaban J connectivity index is 0.000000224. The molecular weight excluding hydrogens is 242 g/mol. The second-order valence-corrected chi connectivity index (χ2v) is 4.19. The highest BCUT2D eigenvalue weighted by Crippen LogP contribution is 2.08. The number of carbonyl (C=O) groups is 1. The Labute approximate surface area is 112 Å². The van der Waals surface area contributed by atoms with Crippen molar-refractivity contribution in [2.24, 2.45) is 0 Å². The summed E-state index contributed by atoms with van der Waals surface area (Å²) in [6, 6.07) is 3.72. The number of hydrogen-bond acceptors (Lipinski definition) is 4. The highest BCUT2D eigenvalue weighted by atomic mass is 16.2. The van der Waals surface area contributed by atoms with Crippen LogP contribution in [0.25, 0.3) is 11.2 Å². The van der Waals surface area contributed by atoms with Crippen molar-refractivity contribution in [1.29, 1.82) is 0 Å². The Bertz CT molecular complexity index is 527. The molecule has 0 atom stereocenters. The molecular formula is C13H19N5O. The Morgan fingerprint density at radius 2 is 1.84 bits per heavy atom. The largest absolute Gasteiger partial charge is 0.341 e. The van der Waals surface area contributed by atoms with E-state index in [9.17, 15) is 4.79 Å². The van der Waals surface area contributed by atoms with Crippen LogP contribution in [0.5, 0.6) is 0 Å². The molecule has 0 aliphatic heterocycles. The van der Waals surface area contributed by atoms with Gasteiger partial charge in [-0.25, -0.2) is 19.7 Å². The first-order valence-electron chi connectivity index (χ1n) is 5.90. The molecule has 0 saturated carbocycles. The molecule has 0 bridgehead atoms. The van der Waals surface area contributed by atoms with Gasteiger partial charge in [0.2, 0.25) is 0 Å². The zero-order valence-corrected chi connectivity index (χ0v) is 11.9. The molecule has 2 rings (SSSR count). The lowest BCUT2D eigenvalue weighted by Crippen LogP contribution is -2.31. The minimum Gasteiger partial charge on any atom is -0.341 e. The number of carbonyl (C=O) groups excluding carboxylic acids is 1. The molecule has 0 spiro atoms. The fraction of sp³-hybridized carbons (Fsp3) is 0.385. The van der Waals surface area contributed by atoms with Crippen molar-refractivity contribution in [3.8, 4) is 0 Å². The lowest BCUT2D eigenvalue weighted by molar-refractivity contribution is 0.219. The van der Waals surface area contributed by atoms with E-state index in [0.717, 1.165) is 22.6 Å². The van der Waals surface area contributed by atoms with Crippen LogP contribution in [-0.2, 0) is 0 Å². The standard InChI is InChI=1S/C9H9N3.C4H10N2O/c1-6-7(2)12-9-8(11-6)4-3-5-10-9;1-5-4(7)6(2)3/h3-5H,1-2H3;1-3H3,(H,5,7). The lowest BCUT2D eigenvalue weighted by atomic mass is 10.3. The highest BCUT2D eigenvalue weighted by molar-refractivity contribution is 5.73. The number of rotatable bonds is 0. The van der Waals surface area contributed by atoms with Crippen LogP contribution < -0.4 is 5.32 Å². The summed E-state index contributed by atoms with van der Waals surface area (Å²) in [7, 11) is 4.99. The Morgan fingerprint density at radius 1 is 1.21 bits per heavy atom. The van der Waals surface area contributed by atoms with Crippen LogP contribution in [0.15, 0.2) is 18.3 Å². The van der Waals surface area contributed by atoms with Crippen molar-refractivity contribution < 1.29 is 4.79 Å². The van der Waals surface area contributed by atoms with Crippen LogP contribution in [-0.4, -0.2) is 47.0 Å². The highest BCUT2D eigenvalue weighted by Gasteiger charge is 1.99. The summed E-state index contributed by atoms with van der Waals surface area (Å²) in [5.74, 6) is 0. The van der Waals surface area contributed by atoms with E-state index in [0.29, 0.717) is 0 Å². The maximum Gasteiger partial charge on any atom is 0.316 e. The summed E-state index contributed by atoms with van der Waals surface area (Å²) in [6.45, 7) is 3.89. The smallest absolute Gasteiger partial charge is 0.316 e. The number of nitrogens with one attached hydrogen (secondary N) is 1. The van der Waals surface area contributed by atoms with Gasteiger partial charge in [0.25, 0.3) is 0 Å². The first kappa shape index (κ1) is 14.8. The summed E-state index contributed by atoms with van der Waals surface area (Å²) in [5, 5.41) is 2.45. The first-order valence-corrected chi connectivity index (χ1v) is 5.90. The van der Waals surface area contributed by atoms with Crippen LogP contribution in [0.4, 0.5) is 4.79 Å². The number of urea groups is 1. The molecule has 19 heavy (non-hydrogen) atoms. The van der Waals surface area contributed by atoms with E-state index in [1.807, 2.05) is 26.0 Å². The molecule has 2 amide bonds. The predicted octanol–water partition coefficient (Wildman–Crippen LogP) is 1.53. The van der Waals surface area contributed by atoms with Crippen molar-refractivity contribution >= 4 is 17.2 Å². The van der Waals surface area contributed by atoms with Gasteiger partial charge in [-0.3, -0.25) is 0 Å². The maximum atomic E-state index is 10.3. The number of nitrogens with zero attached hydrogens (tertiary/aromatic N) is 4. The average Bonchev–Trinajstić information content (AvgIpc) is 2.39. The molecule has 0 saturated heterocycles. The van der Waals surface area contributed by atoms with E-state index in [1.165, 1.54) is 4.90 Å². The van der Waals surface area contributed by atoms with Gasteiger partial charge < -0.3 is 10.2 Å². The summed E-state index contributed by atoms with van der Waals surface area (Å²) in [6.07, 6.45) is 1.73. The molecule has 2 heterocycles. The topological polar surface area (TPSA) is 71.0 Å². The average molecular weight is 261 g/mol. The van der Waals surface area contributed by atoms with Gasteiger partial charge in [-0.1, -0.05) is 0 Å². The van der Waals surface area contributed by atoms with Crippen molar-refractivity contribution in [2.75, 3.05) is 21.1 Å². The molecule has 2 aromatic rings. The number of aryl methyl sites for hydroxylation is 2. The number of pyridine rings is 1. The monoisotopic (exact) mass is 261 g/mol. The second-order valence-electron chi connectivity index (χ2n) is 4.19. The minimum absolute atomic E-state index is 0.0694. The minimum atomic E-state index is -0.0694. The summed E-state index contributed by atoms with van der Waals surface area (Å²) in [5.41, 5.74) is 3.50. The molecule has 6 nitrogen and oxygen atoms in total. The molecule has 2 aromatic heterocycles. The third-order valence-corrected chi connectivity index (χ3v) is 2.47. The van der Waals surface area contributed by atoms with Gasteiger partial charge in [0, 0.05) is 27.3 Å². The molecule has 0 aliphatic rings. The Morgan fingerprint density at radius 3 is 2.37 bits per heavy atom. The molecule has 1 N–H and O–H groups in total. The Kier molecular flexibility index (Phi) is 5.17. The van der Waals surface area contributed by atoms with Crippen LogP contribution in [0.1, 0.15) is 11.4 Å². The van der Waals surface area contributed by atoms with Gasteiger partial charge in [0.05, 0.1) is 11.4 Å². The van der Waals surface area contributed by atoms with Crippen molar-refractivity contribution in [3.05, 3.63) is 29.7 Å². The summed E-state index contributed by atoms with van der Waals surface area (Å²) in [4.78, 5) is 24.6. The molecule has 0 radical (unpaired) electrons. The van der Waals surface area contributed by atoms with E-state index >= 15 is 0 Å². The third kappa shape index (κ3) is 4.17. The summed E-state index contributed by atoms with van der Waals surface area (Å²) < 4.78 is 0. The van der Waals surface area contributed by atoms with E-state index in [4.69, 9.17) is 0 Å². The molecule has 0 aliphatic carbocycles. The van der Waals surface area contributed by atoms with Crippen molar-refractivity contribution in [3.63, 3.8) is 0 Å². The van der Waals surface area contributed by atoms with E-state index < -0.39 is 0 Å². The first-order chi connectivity index (χ1) is 8.95. The van der Waals surface area contributed by atoms with Crippen LogP contribution in [0.3, 0.4) is 0 Å². The van der Waals surface area contributed by atoms with Crippen molar-refractivity contribution in [1.82, 2.24) is 25.2 Å². The van der Waals surface area contributed by atoms with Gasteiger partial charge in [-0.15, -0.1) is 0 Å². The zero-order valence-electron chi connectivity index (χ0n) is 11.9. The maximum absolute atomic E-state index is 10.3. The number of amides is 2. The van der Waals surface area contributed by atoms with Gasteiger partial charge in [0.15, 0.2) is 5.65 Å². The molecule has 0 fully saturated rings. The quantitative estimate of drug-likeness (QED) is 0.780. The normalized spacial score (nSPS) is 9.53. The van der Waals surface area contributed by atoms with Crippen LogP contribution >= 0.6 is 0 Å². The lowest BCUT2D eigenvalue weighted by Gasteiger charge is -2.06. The second kappa shape index (κ2) is 6.63.